The lowest BCUT2D eigenvalue weighted by atomic mass is 9.77. The maximum atomic E-state index is 7.28. The van der Waals surface area contributed by atoms with Crippen molar-refractivity contribution in [3.8, 4) is 0 Å². The number of benzene rings is 4. The van der Waals surface area contributed by atoms with Gasteiger partial charge in [0.05, 0.1) is 6.61 Å². The third-order valence-electron chi connectivity index (χ3n) is 11.2. The maximum Gasteiger partial charge on any atom is 0.387 e. The first kappa shape index (κ1) is 39.9. The highest BCUT2D eigenvalue weighted by Crippen LogP contribution is 2.47. The Morgan fingerprint density at radius 2 is 1.16 bits per heavy atom. The normalized spacial score (nSPS) is 24.2. The minimum atomic E-state index is -2.09. The fraction of sp³-hybridized carbons (Fsp3) is 0.479. The number of aliphatic imine (C=N–C) groups is 1. The van der Waals surface area contributed by atoms with Crippen LogP contribution in [-0.2, 0) is 40.6 Å². The highest BCUT2D eigenvalue weighted by atomic mass is 31.1. The summed E-state index contributed by atoms with van der Waals surface area (Å²) in [6.07, 6.45) is -3.05. The molecule has 2 fully saturated rings. The zero-order valence-electron chi connectivity index (χ0n) is 35.5. The van der Waals surface area contributed by atoms with Crippen molar-refractivity contribution in [2.45, 2.75) is 142 Å². The summed E-state index contributed by atoms with van der Waals surface area (Å²) in [6.45, 7) is 27.3. The minimum absolute atomic E-state index is 0.114. The molecule has 1 aromatic heterocycles. The predicted octanol–water partition coefficient (Wildman–Crippen LogP) is 12.0. The predicted molar refractivity (Wildman–Crippen MR) is 228 cm³/mol. The first-order valence-electron chi connectivity index (χ1n) is 20.2. The first-order valence-corrected chi connectivity index (χ1v) is 21.3. The van der Waals surface area contributed by atoms with Crippen LogP contribution in [0.1, 0.15) is 123 Å². The van der Waals surface area contributed by atoms with Crippen LogP contribution in [0, 0.1) is 0 Å². The minimum Gasteiger partial charge on any atom is -0.445 e. The van der Waals surface area contributed by atoms with Crippen LogP contribution in [0.15, 0.2) is 98.3 Å². The first-order chi connectivity index (χ1) is 26.8. The number of hydrogen-bond donors (Lipinski definition) is 0. The van der Waals surface area contributed by atoms with Crippen molar-refractivity contribution < 1.29 is 31.9 Å². The highest BCUT2D eigenvalue weighted by molar-refractivity contribution is 7.31. The summed E-state index contributed by atoms with van der Waals surface area (Å²) < 4.78 is 47.8. The van der Waals surface area contributed by atoms with Gasteiger partial charge in [0.1, 0.15) is 35.5 Å². The van der Waals surface area contributed by atoms with E-state index in [-0.39, 0.29) is 28.3 Å². The molecule has 1 unspecified atom stereocenters. The largest absolute Gasteiger partial charge is 0.445 e. The van der Waals surface area contributed by atoms with Gasteiger partial charge in [-0.2, -0.15) is 0 Å². The number of ether oxygens (including phenoxy) is 4. The lowest BCUT2D eigenvalue weighted by Gasteiger charge is -2.45. The van der Waals surface area contributed by atoms with E-state index >= 15 is 0 Å². The highest BCUT2D eigenvalue weighted by Gasteiger charge is 2.55. The quantitative estimate of drug-likeness (QED) is 0.179. The lowest BCUT2D eigenvalue weighted by Crippen LogP contribution is -2.62. The number of fused-ring (bicyclic) bond motifs is 5. The van der Waals surface area contributed by atoms with Crippen molar-refractivity contribution in [1.29, 1.82) is 0 Å². The molecule has 302 valence electrons. The van der Waals surface area contributed by atoms with Gasteiger partial charge in [-0.25, -0.2) is 4.99 Å². The van der Waals surface area contributed by atoms with Crippen LogP contribution in [0.4, 0.5) is 0 Å². The Hall–Kier alpha value is -3.91. The van der Waals surface area contributed by atoms with E-state index in [1.807, 2.05) is 60.7 Å². The third-order valence-corrected chi connectivity index (χ3v) is 12.3. The molecule has 5 aromatic rings. The van der Waals surface area contributed by atoms with Gasteiger partial charge < -0.3 is 27.3 Å². The van der Waals surface area contributed by atoms with Crippen molar-refractivity contribution >= 4 is 36.1 Å². The monoisotopic (exact) mass is 791 g/mol. The topological polar surface area (TPSA) is 84.8 Å². The lowest BCUT2D eigenvalue weighted by molar-refractivity contribution is -0.324. The SMILES string of the molecule is CC(C)(C)c1cc(C(C)(C)C)c2op(O[C@@H]3[C@H]4N=C(c5ccccc5)O[C@H]4O[C@@H]4COC(c5ccccc5)O[C@@H]34)oc3c(C(C)(C)C)cc(C(C)(C)C)cc3c2c1. The van der Waals surface area contributed by atoms with Crippen LogP contribution < -0.4 is 4.52 Å². The van der Waals surface area contributed by atoms with Crippen molar-refractivity contribution in [3.05, 3.63) is 118 Å². The molecule has 3 aliphatic rings. The van der Waals surface area contributed by atoms with E-state index in [1.54, 1.807) is 0 Å². The maximum absolute atomic E-state index is 7.28. The van der Waals surface area contributed by atoms with Gasteiger partial charge in [-0.1, -0.05) is 144 Å². The molecule has 0 saturated carbocycles. The molecule has 3 aliphatic heterocycles. The Bertz CT molecular complexity index is 2250. The second-order valence-corrected chi connectivity index (χ2v) is 20.9. The van der Waals surface area contributed by atoms with Crippen LogP contribution in [0.2, 0.25) is 0 Å². The Labute approximate surface area is 338 Å². The second kappa shape index (κ2) is 14.4. The van der Waals surface area contributed by atoms with E-state index in [0.29, 0.717) is 5.90 Å². The fourth-order valence-corrected chi connectivity index (χ4v) is 9.10. The van der Waals surface area contributed by atoms with Gasteiger partial charge in [0, 0.05) is 33.0 Å². The molecular formula is C48H58NO7P. The van der Waals surface area contributed by atoms with E-state index in [4.69, 9.17) is 36.9 Å². The van der Waals surface area contributed by atoms with Gasteiger partial charge >= 0.3 is 8.24 Å². The third kappa shape index (κ3) is 7.84. The molecule has 0 radical (unpaired) electrons. The van der Waals surface area contributed by atoms with Gasteiger partial charge in [-0.05, 0) is 57.1 Å². The number of nitrogens with zero attached hydrogens (tertiary/aromatic N) is 1. The average Bonchev–Trinajstić information content (AvgIpc) is 3.50. The van der Waals surface area contributed by atoms with Gasteiger partial charge in [0.15, 0.2) is 6.29 Å². The standard InChI is InChI=1S/C48H58NO7P/c1-45(2,3)30-23-32-33-24-31(46(4,5)6)26-35(48(10,11)12)39(33)55-57(54-38(32)34(25-30)47(7,8)9)56-41-37-44(53-42(49-37)28-19-15-13-16-20-28)51-36-27-50-43(52-40(36)41)29-21-17-14-18-22-29/h13-26,36-37,40-41,43-44H,27H2,1-12H3/t36-,37-,40-,41-,43?,44-/m1/s1. The molecule has 0 N–H and O–H groups in total. The molecule has 57 heavy (non-hydrogen) atoms. The number of rotatable bonds is 4. The summed E-state index contributed by atoms with van der Waals surface area (Å²) in [5, 5.41) is 2.02. The van der Waals surface area contributed by atoms with Gasteiger partial charge in [0.25, 0.3) is 0 Å². The zero-order valence-corrected chi connectivity index (χ0v) is 36.4. The van der Waals surface area contributed by atoms with Crippen molar-refractivity contribution in [3.63, 3.8) is 0 Å². The second-order valence-electron chi connectivity index (χ2n) is 19.9. The molecule has 0 aliphatic carbocycles. The van der Waals surface area contributed by atoms with Gasteiger partial charge in [-0.3, -0.25) is 4.52 Å². The molecule has 9 heteroatoms. The molecule has 0 amide bonds. The summed E-state index contributed by atoms with van der Waals surface area (Å²) in [6, 6.07) is 28.5. The molecule has 6 atom stereocenters. The Morgan fingerprint density at radius 1 is 0.632 bits per heavy atom. The van der Waals surface area contributed by atoms with E-state index in [2.05, 4.69) is 107 Å². The van der Waals surface area contributed by atoms with E-state index in [0.717, 1.165) is 44.2 Å². The number of hydrogen-bond acceptors (Lipinski definition) is 8. The molecular weight excluding hydrogens is 734 g/mol. The summed E-state index contributed by atoms with van der Waals surface area (Å²) in [5.74, 6) is 0.499. The van der Waals surface area contributed by atoms with Gasteiger partial charge in [0.2, 0.25) is 12.2 Å². The van der Waals surface area contributed by atoms with Gasteiger partial charge in [-0.15, -0.1) is 0 Å². The summed E-state index contributed by atoms with van der Waals surface area (Å²) >= 11 is 0. The Kier molecular flexibility index (Phi) is 10.1. The van der Waals surface area contributed by atoms with Crippen LogP contribution in [0.3, 0.4) is 0 Å². The molecule has 2 saturated heterocycles. The molecule has 4 heterocycles. The molecule has 0 bridgehead atoms. The zero-order chi connectivity index (χ0) is 40.7. The summed E-state index contributed by atoms with van der Waals surface area (Å²) in [4.78, 5) is 5.14. The van der Waals surface area contributed by atoms with E-state index < -0.39 is 45.2 Å². The Balaban J connectivity index is 1.38. The van der Waals surface area contributed by atoms with Crippen LogP contribution in [0.25, 0.3) is 21.9 Å². The smallest absolute Gasteiger partial charge is 0.387 e. The molecule has 8 nitrogen and oxygen atoms in total. The summed E-state index contributed by atoms with van der Waals surface area (Å²) in [5.41, 5.74) is 7.23. The van der Waals surface area contributed by atoms with Crippen molar-refractivity contribution in [1.82, 2.24) is 0 Å². The molecule has 8 rings (SSSR count). The Morgan fingerprint density at radius 3 is 1.67 bits per heavy atom. The van der Waals surface area contributed by atoms with E-state index in [9.17, 15) is 0 Å². The van der Waals surface area contributed by atoms with Crippen molar-refractivity contribution in [2.24, 2.45) is 4.99 Å². The molecule has 4 aromatic carbocycles. The molecule has 0 spiro atoms. The van der Waals surface area contributed by atoms with E-state index in [1.165, 1.54) is 11.1 Å². The average molecular weight is 792 g/mol. The van der Waals surface area contributed by atoms with Crippen LogP contribution >= 0.6 is 8.24 Å². The van der Waals surface area contributed by atoms with Crippen LogP contribution in [0.5, 0.6) is 0 Å². The fourth-order valence-electron chi connectivity index (χ4n) is 7.84. The summed E-state index contributed by atoms with van der Waals surface area (Å²) in [7, 11) is -2.09. The van der Waals surface area contributed by atoms with Crippen LogP contribution in [-0.4, -0.2) is 43.1 Å². The van der Waals surface area contributed by atoms with Crippen molar-refractivity contribution in [2.75, 3.05) is 6.61 Å².